The van der Waals surface area contributed by atoms with Crippen molar-refractivity contribution >= 4 is 11.2 Å². The summed E-state index contributed by atoms with van der Waals surface area (Å²) in [5.74, 6) is 3.97. The molecule has 0 spiro atoms. The summed E-state index contributed by atoms with van der Waals surface area (Å²) in [6, 6.07) is 13.1. The molecule has 0 saturated carbocycles. The Labute approximate surface area is 170 Å². The topological polar surface area (TPSA) is 70.9 Å². The number of aromatic hydroxyl groups is 1. The molecule has 0 saturated heterocycles. The largest absolute Gasteiger partial charge is 0.505 e. The van der Waals surface area contributed by atoms with Crippen molar-refractivity contribution < 1.29 is 13.9 Å². The van der Waals surface area contributed by atoms with Gasteiger partial charge in [-0.25, -0.2) is 13.8 Å². The number of aromatic nitrogens is 3. The number of halogens is 2. The highest BCUT2D eigenvalue weighted by Gasteiger charge is 2.18. The SMILES string of the molecule is Cn1c(=O)c(Cc2ccc(F)c(F)c2)c(O)c2[nH]c(C#CCc3ccccc3)nc21. The Kier molecular flexibility index (Phi) is 5.07. The van der Waals surface area contributed by atoms with Crippen molar-refractivity contribution in [1.82, 2.24) is 14.5 Å². The lowest BCUT2D eigenvalue weighted by atomic mass is 10.0. The van der Waals surface area contributed by atoms with Gasteiger partial charge in [0.05, 0.1) is 5.56 Å². The van der Waals surface area contributed by atoms with E-state index in [1.54, 1.807) is 0 Å². The fourth-order valence-corrected chi connectivity index (χ4v) is 3.22. The smallest absolute Gasteiger partial charge is 0.259 e. The van der Waals surface area contributed by atoms with Gasteiger partial charge >= 0.3 is 0 Å². The summed E-state index contributed by atoms with van der Waals surface area (Å²) in [7, 11) is 1.53. The first-order chi connectivity index (χ1) is 14.4. The molecule has 0 unspecified atom stereocenters. The van der Waals surface area contributed by atoms with Crippen molar-refractivity contribution in [2.75, 3.05) is 0 Å². The molecule has 2 aromatic heterocycles. The Hall–Kier alpha value is -3.92. The van der Waals surface area contributed by atoms with Crippen LogP contribution in [0.2, 0.25) is 0 Å². The summed E-state index contributed by atoms with van der Waals surface area (Å²) in [6.45, 7) is 0. The van der Waals surface area contributed by atoms with Gasteiger partial charge in [-0.3, -0.25) is 9.36 Å². The number of pyridine rings is 1. The maximum atomic E-state index is 13.5. The van der Waals surface area contributed by atoms with Gasteiger partial charge in [0.2, 0.25) is 0 Å². The zero-order valence-corrected chi connectivity index (χ0v) is 16.0. The maximum absolute atomic E-state index is 13.5. The van der Waals surface area contributed by atoms with Crippen molar-refractivity contribution in [1.29, 1.82) is 0 Å². The Bertz CT molecular complexity index is 1360. The van der Waals surface area contributed by atoms with Crippen LogP contribution in [0.1, 0.15) is 22.5 Å². The second kappa shape index (κ2) is 7.84. The van der Waals surface area contributed by atoms with Crippen LogP contribution in [0, 0.1) is 23.5 Å². The minimum atomic E-state index is -1.01. The number of fused-ring (bicyclic) bond motifs is 1. The lowest BCUT2D eigenvalue weighted by Crippen LogP contribution is -2.22. The van der Waals surface area contributed by atoms with Crippen molar-refractivity contribution in [3.05, 3.63) is 93.0 Å². The predicted molar refractivity (Wildman–Crippen MR) is 109 cm³/mol. The second-order valence-electron chi connectivity index (χ2n) is 6.86. The molecule has 30 heavy (non-hydrogen) atoms. The van der Waals surface area contributed by atoms with Gasteiger partial charge in [0.1, 0.15) is 5.52 Å². The number of nitrogens with zero attached hydrogens (tertiary/aromatic N) is 2. The number of aromatic amines is 1. The number of hydrogen-bond donors (Lipinski definition) is 2. The first kappa shape index (κ1) is 19.4. The molecule has 2 heterocycles. The van der Waals surface area contributed by atoms with E-state index in [1.807, 2.05) is 30.3 Å². The first-order valence-corrected chi connectivity index (χ1v) is 9.21. The van der Waals surface area contributed by atoms with E-state index in [9.17, 15) is 18.7 Å². The van der Waals surface area contributed by atoms with Crippen LogP contribution >= 0.6 is 0 Å². The first-order valence-electron chi connectivity index (χ1n) is 9.21. The Morgan fingerprint density at radius 1 is 1.10 bits per heavy atom. The monoisotopic (exact) mass is 405 g/mol. The average Bonchev–Trinajstić information content (AvgIpc) is 3.17. The van der Waals surface area contributed by atoms with E-state index in [2.05, 4.69) is 21.8 Å². The normalized spacial score (nSPS) is 10.8. The fourth-order valence-electron chi connectivity index (χ4n) is 3.22. The van der Waals surface area contributed by atoms with E-state index >= 15 is 0 Å². The molecule has 0 amide bonds. The molecule has 2 N–H and O–H groups in total. The number of aryl methyl sites for hydroxylation is 1. The Balaban J connectivity index is 1.70. The summed E-state index contributed by atoms with van der Waals surface area (Å²) in [4.78, 5) is 20.0. The second-order valence-corrected chi connectivity index (χ2v) is 6.86. The molecule has 4 aromatic rings. The minimum absolute atomic E-state index is 0.0559. The molecule has 7 heteroatoms. The van der Waals surface area contributed by atoms with Gasteiger partial charge in [-0.1, -0.05) is 42.3 Å². The van der Waals surface area contributed by atoms with Crippen LogP contribution in [-0.4, -0.2) is 19.6 Å². The Morgan fingerprint density at radius 2 is 1.87 bits per heavy atom. The maximum Gasteiger partial charge on any atom is 0.259 e. The third-order valence-corrected chi connectivity index (χ3v) is 4.79. The van der Waals surface area contributed by atoms with Crippen molar-refractivity contribution in [2.45, 2.75) is 12.8 Å². The highest BCUT2D eigenvalue weighted by molar-refractivity contribution is 5.80. The molecule has 150 valence electrons. The predicted octanol–water partition coefficient (Wildman–Crippen LogP) is 3.43. The summed E-state index contributed by atoms with van der Waals surface area (Å²) in [6.07, 6.45) is 0.476. The molecular formula is C23H17F2N3O2. The molecule has 0 aliphatic carbocycles. The number of rotatable bonds is 3. The van der Waals surface area contributed by atoms with Crippen LogP contribution in [0.3, 0.4) is 0 Å². The lowest BCUT2D eigenvalue weighted by molar-refractivity contribution is 0.471. The summed E-state index contributed by atoms with van der Waals surface area (Å²) in [5.41, 5.74) is 1.53. The number of hydrogen-bond acceptors (Lipinski definition) is 3. The van der Waals surface area contributed by atoms with E-state index in [1.165, 1.54) is 17.7 Å². The molecule has 0 aliphatic heterocycles. The van der Waals surface area contributed by atoms with E-state index in [-0.39, 0.29) is 28.9 Å². The lowest BCUT2D eigenvalue weighted by Gasteiger charge is -2.08. The summed E-state index contributed by atoms with van der Waals surface area (Å²) >= 11 is 0. The molecule has 0 bridgehead atoms. The summed E-state index contributed by atoms with van der Waals surface area (Å²) < 4.78 is 28.0. The number of H-pyrrole nitrogens is 1. The van der Waals surface area contributed by atoms with Gasteiger partial charge in [-0.2, -0.15) is 0 Å². The zero-order chi connectivity index (χ0) is 21.3. The molecule has 4 rings (SSSR count). The van der Waals surface area contributed by atoms with Crippen LogP contribution in [0.25, 0.3) is 11.2 Å². The summed E-state index contributed by atoms with van der Waals surface area (Å²) in [5, 5.41) is 10.7. The molecule has 2 aromatic carbocycles. The third-order valence-electron chi connectivity index (χ3n) is 4.79. The Morgan fingerprint density at radius 3 is 2.60 bits per heavy atom. The van der Waals surface area contributed by atoms with E-state index < -0.39 is 17.2 Å². The third kappa shape index (κ3) is 3.67. The van der Waals surface area contributed by atoms with Gasteiger partial charge in [0, 0.05) is 19.9 Å². The quantitative estimate of drug-likeness (QED) is 0.513. The van der Waals surface area contributed by atoms with Crippen LogP contribution in [0.15, 0.2) is 53.3 Å². The highest BCUT2D eigenvalue weighted by Crippen LogP contribution is 2.26. The molecule has 0 atom stereocenters. The van der Waals surface area contributed by atoms with Crippen molar-refractivity contribution in [2.24, 2.45) is 7.05 Å². The molecular weight excluding hydrogens is 388 g/mol. The molecule has 5 nitrogen and oxygen atoms in total. The minimum Gasteiger partial charge on any atom is -0.505 e. The van der Waals surface area contributed by atoms with Gasteiger partial charge in [0.15, 0.2) is 28.9 Å². The van der Waals surface area contributed by atoms with Gasteiger partial charge in [0.25, 0.3) is 5.56 Å². The van der Waals surface area contributed by atoms with Gasteiger partial charge < -0.3 is 10.1 Å². The van der Waals surface area contributed by atoms with Crippen LogP contribution in [0.4, 0.5) is 8.78 Å². The van der Waals surface area contributed by atoms with Crippen molar-refractivity contribution in [3.63, 3.8) is 0 Å². The fraction of sp³-hybridized carbons (Fsp3) is 0.130. The molecule has 0 radical (unpaired) electrons. The zero-order valence-electron chi connectivity index (χ0n) is 16.0. The van der Waals surface area contributed by atoms with Crippen LogP contribution < -0.4 is 5.56 Å². The van der Waals surface area contributed by atoms with Crippen LogP contribution in [-0.2, 0) is 19.9 Å². The van der Waals surface area contributed by atoms with E-state index in [4.69, 9.17) is 0 Å². The van der Waals surface area contributed by atoms with Crippen LogP contribution in [0.5, 0.6) is 5.75 Å². The van der Waals surface area contributed by atoms with Crippen molar-refractivity contribution in [3.8, 4) is 17.6 Å². The number of benzene rings is 2. The molecule has 0 fully saturated rings. The van der Waals surface area contributed by atoms with Gasteiger partial charge in [-0.05, 0) is 29.2 Å². The average molecular weight is 405 g/mol. The standard InChI is InChI=1S/C23H17F2N3O2/c1-28-22-20(26-19(27-22)9-5-8-14-6-3-2-4-7-14)21(29)16(23(28)30)12-15-10-11-17(24)18(25)13-15/h2-4,6-7,10-11,13,29H,8,12H2,1H3,(H,26,27). The number of nitrogens with one attached hydrogen (secondary N) is 1. The van der Waals surface area contributed by atoms with E-state index in [0.29, 0.717) is 17.8 Å². The molecule has 0 aliphatic rings. The number of imidazole rings is 1. The van der Waals surface area contributed by atoms with E-state index in [0.717, 1.165) is 17.7 Å². The highest BCUT2D eigenvalue weighted by atomic mass is 19.2. The van der Waals surface area contributed by atoms with Gasteiger partial charge in [-0.15, -0.1) is 0 Å².